The third-order valence-electron chi connectivity index (χ3n) is 17.6. The van der Waals surface area contributed by atoms with Gasteiger partial charge in [-0.05, 0) is 84.5 Å². The zero-order valence-corrected chi connectivity index (χ0v) is 34.6. The summed E-state index contributed by atoms with van der Waals surface area (Å²) in [6.07, 6.45) is -15.6. The second kappa shape index (κ2) is 14.0. The van der Waals surface area contributed by atoms with Crippen molar-refractivity contribution in [3.63, 3.8) is 0 Å². The van der Waals surface area contributed by atoms with Gasteiger partial charge in [0.25, 0.3) is 0 Å². The number of carboxylic acid groups (broad SMARTS) is 3. The van der Waals surface area contributed by atoms with Gasteiger partial charge in [0.15, 0.2) is 36.0 Å². The third kappa shape index (κ3) is 5.73. The van der Waals surface area contributed by atoms with E-state index < -0.39 is 136 Å². The molecule has 18 heteroatoms. The van der Waals surface area contributed by atoms with Crippen molar-refractivity contribution in [2.24, 2.45) is 50.2 Å². The molecule has 8 rings (SSSR count). The number of aliphatic hydroxyl groups excluding tert-OH is 5. The highest BCUT2D eigenvalue weighted by molar-refractivity contribution is 6.01. The van der Waals surface area contributed by atoms with Crippen molar-refractivity contribution < 1.29 is 88.5 Å². The van der Waals surface area contributed by atoms with E-state index >= 15 is 0 Å². The summed E-state index contributed by atoms with van der Waals surface area (Å²) in [6, 6.07) is 0. The lowest BCUT2D eigenvalue weighted by Crippen LogP contribution is -2.68. The van der Waals surface area contributed by atoms with Crippen LogP contribution in [0, 0.1) is 50.2 Å². The molecule has 0 aromatic heterocycles. The van der Waals surface area contributed by atoms with Crippen LogP contribution in [0.15, 0.2) is 11.6 Å². The van der Waals surface area contributed by atoms with Crippen molar-refractivity contribution >= 4 is 29.7 Å². The minimum Gasteiger partial charge on any atom is -0.480 e. The summed E-state index contributed by atoms with van der Waals surface area (Å²) < 4.78 is 29.1. The molecule has 8 aliphatic rings. The maximum absolute atomic E-state index is 14.9. The van der Waals surface area contributed by atoms with E-state index in [1.54, 1.807) is 6.08 Å². The molecule has 0 aromatic carbocycles. The first-order valence-electron chi connectivity index (χ1n) is 21.0. The van der Waals surface area contributed by atoms with E-state index in [0.29, 0.717) is 32.1 Å². The molecule has 8 N–H and O–H groups in total. The van der Waals surface area contributed by atoms with Gasteiger partial charge in [-0.25, -0.2) is 9.59 Å². The van der Waals surface area contributed by atoms with Crippen molar-refractivity contribution in [1.82, 2.24) is 0 Å². The zero-order chi connectivity index (χ0) is 44.0. The van der Waals surface area contributed by atoms with Crippen LogP contribution in [0.25, 0.3) is 0 Å². The smallest absolute Gasteiger partial charge is 0.335 e. The van der Waals surface area contributed by atoms with Crippen LogP contribution in [0.2, 0.25) is 0 Å². The molecule has 3 heterocycles. The maximum Gasteiger partial charge on any atom is 0.335 e. The van der Waals surface area contributed by atoms with Crippen molar-refractivity contribution in [2.45, 2.75) is 167 Å². The lowest BCUT2D eigenvalue weighted by molar-refractivity contribution is -0.371. The summed E-state index contributed by atoms with van der Waals surface area (Å²) in [5.74, 6) is -6.20. The number of hydrogen-bond donors (Lipinski definition) is 8. The lowest BCUT2D eigenvalue weighted by Gasteiger charge is -2.70. The van der Waals surface area contributed by atoms with E-state index in [-0.39, 0.29) is 30.5 Å². The van der Waals surface area contributed by atoms with Crippen molar-refractivity contribution in [3.8, 4) is 0 Å². The highest BCUT2D eigenvalue weighted by Crippen LogP contribution is 2.76. The summed E-state index contributed by atoms with van der Waals surface area (Å²) >= 11 is 0. The fourth-order valence-corrected chi connectivity index (χ4v) is 13.9. The molecule has 3 saturated heterocycles. The number of ether oxygens (including phenoxy) is 5. The molecule has 334 valence electrons. The van der Waals surface area contributed by atoms with E-state index in [4.69, 9.17) is 23.7 Å². The van der Waals surface area contributed by atoms with Crippen LogP contribution in [-0.2, 0) is 47.7 Å². The van der Waals surface area contributed by atoms with Crippen molar-refractivity contribution in [3.05, 3.63) is 11.6 Å². The van der Waals surface area contributed by atoms with Crippen LogP contribution in [0.1, 0.15) is 92.9 Å². The van der Waals surface area contributed by atoms with Crippen LogP contribution >= 0.6 is 0 Å². The molecule has 4 saturated carbocycles. The Kier molecular flexibility index (Phi) is 10.1. The van der Waals surface area contributed by atoms with Crippen LogP contribution in [0.3, 0.4) is 0 Å². The highest BCUT2D eigenvalue weighted by atomic mass is 16.8. The van der Waals surface area contributed by atoms with Crippen LogP contribution in [0.5, 0.6) is 0 Å². The molecule has 2 bridgehead atoms. The summed E-state index contributed by atoms with van der Waals surface area (Å²) in [4.78, 5) is 64.7. The summed E-state index contributed by atoms with van der Waals surface area (Å²) in [7, 11) is 0. The zero-order valence-electron chi connectivity index (χ0n) is 34.6. The fraction of sp³-hybridized carbons (Fsp3) is 0.833. The highest BCUT2D eigenvalue weighted by Gasteiger charge is 2.74. The van der Waals surface area contributed by atoms with Crippen molar-refractivity contribution in [1.29, 1.82) is 0 Å². The number of carboxylic acids is 3. The Morgan fingerprint density at radius 3 is 1.93 bits per heavy atom. The largest absolute Gasteiger partial charge is 0.480 e. The lowest BCUT2D eigenvalue weighted by atomic mass is 9.33. The average molecular weight is 851 g/mol. The van der Waals surface area contributed by atoms with Gasteiger partial charge in [0.05, 0.1) is 6.10 Å². The number of fused-ring (bicyclic) bond motifs is 10. The van der Waals surface area contributed by atoms with Crippen LogP contribution in [0.4, 0.5) is 0 Å². The fourth-order valence-electron chi connectivity index (χ4n) is 13.9. The van der Waals surface area contributed by atoms with Gasteiger partial charge in [-0.15, -0.1) is 0 Å². The van der Waals surface area contributed by atoms with Gasteiger partial charge in [0.2, 0.25) is 0 Å². The van der Waals surface area contributed by atoms with Gasteiger partial charge >= 0.3 is 23.9 Å². The molecule has 0 aromatic rings. The van der Waals surface area contributed by atoms with E-state index in [2.05, 4.69) is 27.7 Å². The van der Waals surface area contributed by atoms with E-state index in [9.17, 15) is 64.8 Å². The molecule has 0 unspecified atom stereocenters. The van der Waals surface area contributed by atoms with Gasteiger partial charge in [0, 0.05) is 17.8 Å². The number of carbonyl (C=O) groups is 5. The predicted octanol–water partition coefficient (Wildman–Crippen LogP) is 0.761. The SMILES string of the molecule is CC1(C)[C@@H](O[C@@H]2O[C@H](C(=O)O)[C@@H](O)[C@H](O)[C@H]2O[C@@H]2O[C@H](C(=O)O)[C@@H](O)[C@H](O)[C@H]2O)CC[C@]2(C)[C@H]3C(=O)C=C4[C@@H]5C[C@]6(C(=O)O)C[C@@H](OC6=O)[C@]5(C)CC[C@@]4(C)[C@]3(C)CC[C@@H]12. The first-order chi connectivity index (χ1) is 27.8. The Balaban J connectivity index is 1.08. The number of allylic oxidation sites excluding steroid dienone is 2. The number of ketones is 1. The van der Waals surface area contributed by atoms with E-state index in [0.717, 1.165) is 12.0 Å². The molecule has 60 heavy (non-hydrogen) atoms. The van der Waals surface area contributed by atoms with Gasteiger partial charge in [0.1, 0.15) is 42.7 Å². The molecule has 0 amide bonds. The third-order valence-corrected chi connectivity index (χ3v) is 17.6. The number of aliphatic hydroxyl groups is 5. The number of rotatable bonds is 7. The quantitative estimate of drug-likeness (QED) is 0.0997. The first kappa shape index (κ1) is 43.6. The van der Waals surface area contributed by atoms with Gasteiger partial charge in [-0.3, -0.25) is 14.4 Å². The van der Waals surface area contributed by atoms with Crippen LogP contribution in [-0.4, -0.2) is 144 Å². The number of hydrogen-bond acceptors (Lipinski definition) is 15. The second-order valence-electron chi connectivity index (χ2n) is 20.6. The van der Waals surface area contributed by atoms with Crippen molar-refractivity contribution in [2.75, 3.05) is 0 Å². The van der Waals surface area contributed by atoms with Gasteiger partial charge in [-0.2, -0.15) is 0 Å². The first-order valence-corrected chi connectivity index (χ1v) is 21.0. The summed E-state index contributed by atoms with van der Waals surface area (Å²) in [5, 5.41) is 83.1. The second-order valence-corrected chi connectivity index (χ2v) is 20.6. The molecule has 0 radical (unpaired) electrons. The molecule has 7 fully saturated rings. The molecular formula is C42H58O18. The molecule has 5 aliphatic carbocycles. The number of aliphatic carboxylic acids is 3. The van der Waals surface area contributed by atoms with Crippen LogP contribution < -0.4 is 0 Å². The Morgan fingerprint density at radius 2 is 1.32 bits per heavy atom. The monoisotopic (exact) mass is 850 g/mol. The summed E-state index contributed by atoms with van der Waals surface area (Å²) in [5.41, 5.74) is -3.65. The Morgan fingerprint density at radius 1 is 0.700 bits per heavy atom. The molecule has 3 aliphatic heterocycles. The van der Waals surface area contributed by atoms with Gasteiger partial charge < -0.3 is 64.5 Å². The number of esters is 1. The van der Waals surface area contributed by atoms with E-state index in [1.807, 2.05) is 13.8 Å². The molecule has 18 nitrogen and oxygen atoms in total. The number of carbonyl (C=O) groups excluding carboxylic acids is 2. The predicted molar refractivity (Wildman–Crippen MR) is 199 cm³/mol. The molecular weight excluding hydrogens is 792 g/mol. The molecule has 20 atom stereocenters. The maximum atomic E-state index is 14.9. The summed E-state index contributed by atoms with van der Waals surface area (Å²) in [6.45, 7) is 12.5. The normalized spacial score (nSPS) is 53.0. The minimum absolute atomic E-state index is 0.0466. The average Bonchev–Trinajstić information content (AvgIpc) is 3.47. The Labute approximate surface area is 346 Å². The Hall–Kier alpha value is -3.07. The minimum atomic E-state index is -2.07. The molecule has 0 spiro atoms. The topological polar surface area (TPSA) is 293 Å². The standard InChI is InChI=1S/C42H58O18/c1-37(2)19-7-10-41(6)30(18(43)13-16-17-14-42(35(53)54)15-21(57-36(42)55)38(17,3)11-12-40(16,41)5)39(19,4)9-8-20(37)56-34-29(25(47)24(46)28(59-34)32(51)52)60-33-26(48)22(44)23(45)27(58-33)31(49)50/h13,17,19-30,33-34,44-48H,7-12,14-15H2,1-6H3,(H,49,50)(H,51,52)(H,53,54)/t17-,19-,20-,21+,22-,23-,24-,25-,26+,27-,28-,29+,30+,33-,34+,38+,39-,40+,41+,42+/m0/s1. The Bertz CT molecular complexity index is 1880. The van der Waals surface area contributed by atoms with Gasteiger partial charge in [-0.1, -0.05) is 47.1 Å². The van der Waals surface area contributed by atoms with E-state index in [1.165, 1.54) is 0 Å².